The summed E-state index contributed by atoms with van der Waals surface area (Å²) in [4.78, 5) is 16.1. The van der Waals surface area contributed by atoms with Crippen LogP contribution in [0, 0.1) is 0 Å². The van der Waals surface area contributed by atoms with Crippen LogP contribution in [-0.4, -0.2) is 17.2 Å². The van der Waals surface area contributed by atoms with Gasteiger partial charge in [0, 0.05) is 11.9 Å². The molecule has 2 aromatic rings. The summed E-state index contributed by atoms with van der Waals surface area (Å²) in [6.07, 6.45) is 1.63. The molecule has 0 aliphatic carbocycles. The van der Waals surface area contributed by atoms with E-state index in [1.807, 2.05) is 24.3 Å². The lowest BCUT2D eigenvalue weighted by atomic mass is 10.0. The third kappa shape index (κ3) is 2.20. The van der Waals surface area contributed by atoms with Gasteiger partial charge in [-0.25, -0.2) is 0 Å². The van der Waals surface area contributed by atoms with Crippen molar-refractivity contribution in [2.45, 2.75) is 5.92 Å². The number of amides is 1. The molecule has 1 amide bonds. The Labute approximate surface area is 110 Å². The van der Waals surface area contributed by atoms with Gasteiger partial charge in [-0.3, -0.25) is 9.79 Å². The van der Waals surface area contributed by atoms with E-state index < -0.39 is 0 Å². The lowest BCUT2D eigenvalue weighted by molar-refractivity contribution is -0.115. The third-order valence-corrected chi connectivity index (χ3v) is 3.06. The van der Waals surface area contributed by atoms with E-state index in [0.717, 1.165) is 11.3 Å². The molecule has 1 heterocycles. The number of carbonyl (C=O) groups is 1. The smallest absolute Gasteiger partial charge is 0.237 e. The first-order chi connectivity index (χ1) is 9.24. The van der Waals surface area contributed by atoms with Crippen LogP contribution in [0.2, 0.25) is 0 Å². The predicted octanol–water partition coefficient (Wildman–Crippen LogP) is 2.83. The van der Waals surface area contributed by atoms with Gasteiger partial charge in [0.25, 0.3) is 0 Å². The number of hydrogen-bond donors (Lipinski definition) is 2. The van der Waals surface area contributed by atoms with E-state index >= 15 is 0 Å². The van der Waals surface area contributed by atoms with Crippen LogP contribution in [0.15, 0.2) is 53.5 Å². The lowest BCUT2D eigenvalue weighted by Crippen LogP contribution is -2.12. The van der Waals surface area contributed by atoms with Crippen molar-refractivity contribution in [3.05, 3.63) is 54.1 Å². The Morgan fingerprint density at radius 2 is 1.84 bits per heavy atom. The topological polar surface area (TPSA) is 61.7 Å². The maximum atomic E-state index is 11.9. The van der Waals surface area contributed by atoms with Crippen LogP contribution < -0.4 is 5.32 Å². The number of para-hydroxylation sites is 1. The fourth-order valence-electron chi connectivity index (χ4n) is 2.08. The zero-order chi connectivity index (χ0) is 13.2. The summed E-state index contributed by atoms with van der Waals surface area (Å²) in [5.74, 6) is -0.225. The van der Waals surface area contributed by atoms with Crippen LogP contribution in [-0.2, 0) is 4.79 Å². The number of phenolic OH excluding ortho intramolecular Hbond substituents is 1. The normalized spacial score (nSPS) is 17.5. The molecule has 0 bridgehead atoms. The second-order valence-electron chi connectivity index (χ2n) is 4.35. The van der Waals surface area contributed by atoms with E-state index in [-0.39, 0.29) is 17.6 Å². The quantitative estimate of drug-likeness (QED) is 0.807. The summed E-state index contributed by atoms with van der Waals surface area (Å²) in [5, 5.41) is 12.0. The molecule has 4 nitrogen and oxygen atoms in total. The van der Waals surface area contributed by atoms with Gasteiger partial charge < -0.3 is 10.4 Å². The number of fused-ring (bicyclic) bond motifs is 1. The summed E-state index contributed by atoms with van der Waals surface area (Å²) >= 11 is 0. The van der Waals surface area contributed by atoms with E-state index in [0.29, 0.717) is 5.69 Å². The standard InChI is InChI=1S/C15H12N2O2/c18-11-7-5-10(6-8-11)16-9-13-12-3-1-2-4-14(12)17-15(13)19/h1-9,13,18H,(H,17,19). The Bertz CT molecular complexity index is 647. The van der Waals surface area contributed by atoms with E-state index in [2.05, 4.69) is 10.3 Å². The minimum absolute atomic E-state index is 0.0660. The molecule has 1 atom stereocenters. The van der Waals surface area contributed by atoms with Gasteiger partial charge in [0.15, 0.2) is 0 Å². The maximum absolute atomic E-state index is 11.9. The number of phenols is 1. The number of hydrogen-bond acceptors (Lipinski definition) is 3. The van der Waals surface area contributed by atoms with Crippen LogP contribution in [0.25, 0.3) is 0 Å². The molecule has 4 heteroatoms. The summed E-state index contributed by atoms with van der Waals surface area (Å²) in [6, 6.07) is 14.1. The van der Waals surface area contributed by atoms with Crippen LogP contribution >= 0.6 is 0 Å². The predicted molar refractivity (Wildman–Crippen MR) is 74.1 cm³/mol. The van der Waals surface area contributed by atoms with Crippen molar-refractivity contribution >= 4 is 23.5 Å². The Balaban J connectivity index is 1.87. The maximum Gasteiger partial charge on any atom is 0.237 e. The van der Waals surface area contributed by atoms with Crippen LogP contribution in [0.1, 0.15) is 11.5 Å². The average molecular weight is 252 g/mol. The zero-order valence-corrected chi connectivity index (χ0v) is 10.1. The number of anilines is 1. The monoisotopic (exact) mass is 252 g/mol. The molecule has 2 N–H and O–H groups in total. The van der Waals surface area contributed by atoms with Gasteiger partial charge in [-0.2, -0.15) is 0 Å². The molecule has 3 rings (SSSR count). The summed E-state index contributed by atoms with van der Waals surface area (Å²) in [6.45, 7) is 0. The molecule has 0 saturated heterocycles. The minimum Gasteiger partial charge on any atom is -0.508 e. The van der Waals surface area contributed by atoms with Crippen molar-refractivity contribution in [3.63, 3.8) is 0 Å². The Morgan fingerprint density at radius 1 is 1.11 bits per heavy atom. The summed E-state index contributed by atoms with van der Waals surface area (Å²) < 4.78 is 0. The van der Waals surface area contributed by atoms with Gasteiger partial charge in [-0.1, -0.05) is 18.2 Å². The molecule has 2 aromatic carbocycles. The first-order valence-corrected chi connectivity index (χ1v) is 5.97. The average Bonchev–Trinajstić information content (AvgIpc) is 2.74. The number of nitrogens with one attached hydrogen (secondary N) is 1. The van der Waals surface area contributed by atoms with Crippen molar-refractivity contribution in [3.8, 4) is 5.75 Å². The molecule has 94 valence electrons. The fourth-order valence-corrected chi connectivity index (χ4v) is 2.08. The molecule has 0 aromatic heterocycles. The van der Waals surface area contributed by atoms with Crippen molar-refractivity contribution in [2.75, 3.05) is 5.32 Å². The first-order valence-electron chi connectivity index (χ1n) is 5.97. The van der Waals surface area contributed by atoms with Crippen molar-refractivity contribution < 1.29 is 9.90 Å². The molecule has 1 unspecified atom stereocenters. The van der Waals surface area contributed by atoms with Crippen LogP contribution in [0.5, 0.6) is 5.75 Å². The Morgan fingerprint density at radius 3 is 2.63 bits per heavy atom. The van der Waals surface area contributed by atoms with Crippen LogP contribution in [0.3, 0.4) is 0 Å². The van der Waals surface area contributed by atoms with Gasteiger partial charge >= 0.3 is 0 Å². The van der Waals surface area contributed by atoms with E-state index in [1.54, 1.807) is 30.5 Å². The van der Waals surface area contributed by atoms with Gasteiger partial charge in [-0.15, -0.1) is 0 Å². The Hall–Kier alpha value is -2.62. The first kappa shape index (κ1) is 11.5. The van der Waals surface area contributed by atoms with Crippen molar-refractivity contribution in [1.29, 1.82) is 0 Å². The molecule has 1 aliphatic heterocycles. The molecule has 1 aliphatic rings. The minimum atomic E-state index is -0.356. The number of aromatic hydroxyl groups is 1. The highest BCUT2D eigenvalue weighted by atomic mass is 16.3. The Kier molecular flexibility index (Phi) is 2.76. The van der Waals surface area contributed by atoms with Gasteiger partial charge in [0.05, 0.1) is 5.69 Å². The molecule has 0 saturated carbocycles. The number of aliphatic imine (C=N–C) groups is 1. The summed E-state index contributed by atoms with van der Waals surface area (Å²) in [7, 11) is 0. The van der Waals surface area contributed by atoms with Gasteiger partial charge in [-0.05, 0) is 35.9 Å². The molecular weight excluding hydrogens is 240 g/mol. The molecular formula is C15H12N2O2. The summed E-state index contributed by atoms with van der Waals surface area (Å²) in [5.41, 5.74) is 2.49. The van der Waals surface area contributed by atoms with E-state index in [9.17, 15) is 9.90 Å². The number of nitrogens with zero attached hydrogens (tertiary/aromatic N) is 1. The lowest BCUT2D eigenvalue weighted by Gasteiger charge is -2.01. The highest BCUT2D eigenvalue weighted by Crippen LogP contribution is 2.31. The number of rotatable bonds is 2. The highest BCUT2D eigenvalue weighted by molar-refractivity contribution is 6.12. The van der Waals surface area contributed by atoms with Gasteiger partial charge in [0.1, 0.15) is 11.7 Å². The molecule has 0 radical (unpaired) electrons. The second-order valence-corrected chi connectivity index (χ2v) is 4.35. The van der Waals surface area contributed by atoms with Crippen molar-refractivity contribution in [2.24, 2.45) is 4.99 Å². The number of carbonyl (C=O) groups excluding carboxylic acids is 1. The van der Waals surface area contributed by atoms with Gasteiger partial charge in [0.2, 0.25) is 5.91 Å². The number of benzene rings is 2. The SMILES string of the molecule is O=C1Nc2ccccc2C1C=Nc1ccc(O)cc1. The fraction of sp³-hybridized carbons (Fsp3) is 0.0667. The third-order valence-electron chi connectivity index (χ3n) is 3.06. The highest BCUT2D eigenvalue weighted by Gasteiger charge is 2.28. The van der Waals surface area contributed by atoms with Crippen LogP contribution in [0.4, 0.5) is 11.4 Å². The largest absolute Gasteiger partial charge is 0.508 e. The molecule has 0 fully saturated rings. The van der Waals surface area contributed by atoms with E-state index in [1.165, 1.54) is 0 Å². The molecule has 19 heavy (non-hydrogen) atoms. The van der Waals surface area contributed by atoms with Crippen molar-refractivity contribution in [1.82, 2.24) is 0 Å². The van der Waals surface area contributed by atoms with E-state index in [4.69, 9.17) is 0 Å². The second kappa shape index (κ2) is 4.57. The molecule has 0 spiro atoms. The zero-order valence-electron chi connectivity index (χ0n) is 10.1.